The van der Waals surface area contributed by atoms with Crippen molar-refractivity contribution in [1.82, 2.24) is 5.53 Å². The molecule has 13 heavy (non-hydrogen) atoms. The monoisotopic (exact) mass is 200 g/mol. The number of rotatable bonds is 2. The SMILES string of the molecule is [N]=Nc1cccc(N)c1S(=O)(=O)O. The third-order valence-corrected chi connectivity index (χ3v) is 2.35. The van der Waals surface area contributed by atoms with Crippen molar-refractivity contribution in [3.63, 3.8) is 0 Å². The first-order valence-corrected chi connectivity index (χ1v) is 4.62. The highest BCUT2D eigenvalue weighted by atomic mass is 32.2. The Morgan fingerprint density at radius 2 is 2.08 bits per heavy atom. The summed E-state index contributed by atoms with van der Waals surface area (Å²) in [5.74, 6) is 0. The zero-order chi connectivity index (χ0) is 10.1. The van der Waals surface area contributed by atoms with Crippen molar-refractivity contribution >= 4 is 21.5 Å². The molecule has 0 heterocycles. The summed E-state index contributed by atoms with van der Waals surface area (Å²) in [6.45, 7) is 0. The Hall–Kier alpha value is -1.47. The molecule has 0 aromatic heterocycles. The molecular weight excluding hydrogens is 194 g/mol. The summed E-state index contributed by atoms with van der Waals surface area (Å²) in [5.41, 5.74) is 13.2. The molecule has 7 heteroatoms. The maximum absolute atomic E-state index is 10.7. The fourth-order valence-corrected chi connectivity index (χ4v) is 1.64. The van der Waals surface area contributed by atoms with Gasteiger partial charge in [0, 0.05) is 0 Å². The molecule has 0 fully saturated rings. The minimum atomic E-state index is -4.45. The zero-order valence-corrected chi connectivity index (χ0v) is 7.19. The quantitative estimate of drug-likeness (QED) is 0.408. The van der Waals surface area contributed by atoms with Crippen LogP contribution in [0, 0.1) is 0 Å². The van der Waals surface area contributed by atoms with Crippen molar-refractivity contribution in [1.29, 1.82) is 0 Å². The minimum absolute atomic E-state index is 0.169. The van der Waals surface area contributed by atoms with Crippen LogP contribution in [0.5, 0.6) is 0 Å². The van der Waals surface area contributed by atoms with Crippen LogP contribution in [-0.4, -0.2) is 13.0 Å². The van der Waals surface area contributed by atoms with Crippen molar-refractivity contribution in [3.05, 3.63) is 18.2 Å². The van der Waals surface area contributed by atoms with Crippen molar-refractivity contribution in [3.8, 4) is 0 Å². The Kier molecular flexibility index (Phi) is 2.30. The predicted octanol–water partition coefficient (Wildman–Crippen LogP) is 0.399. The first-order chi connectivity index (χ1) is 5.96. The molecule has 0 aliphatic carbocycles. The number of hydrogen-bond acceptors (Lipinski definition) is 4. The van der Waals surface area contributed by atoms with Crippen molar-refractivity contribution in [2.75, 3.05) is 5.73 Å². The van der Waals surface area contributed by atoms with Gasteiger partial charge in [-0.2, -0.15) is 8.42 Å². The van der Waals surface area contributed by atoms with Crippen LogP contribution in [0.4, 0.5) is 11.4 Å². The lowest BCUT2D eigenvalue weighted by Crippen LogP contribution is -2.03. The topological polar surface area (TPSA) is 115 Å². The molecule has 1 aromatic carbocycles. The molecule has 1 aromatic rings. The first kappa shape index (κ1) is 9.62. The standard InChI is InChI=1S/C6H6N3O3S/c7-4-2-1-3-5(9-8)6(4)13(10,11)12/h1-3H,7H2,(H,10,11,12). The van der Waals surface area contributed by atoms with E-state index in [9.17, 15) is 8.42 Å². The normalized spacial score (nSPS) is 11.2. The van der Waals surface area contributed by atoms with Gasteiger partial charge in [-0.25, -0.2) is 0 Å². The Bertz CT molecular complexity index is 440. The number of anilines is 1. The summed E-state index contributed by atoms with van der Waals surface area (Å²) >= 11 is 0. The maximum atomic E-state index is 10.7. The van der Waals surface area contributed by atoms with Gasteiger partial charge in [-0.05, 0) is 17.7 Å². The van der Waals surface area contributed by atoms with Crippen LogP contribution in [-0.2, 0) is 10.1 Å². The molecule has 0 spiro atoms. The summed E-state index contributed by atoms with van der Waals surface area (Å²) in [4.78, 5) is -0.586. The number of nitrogens with two attached hydrogens (primary N) is 1. The number of benzene rings is 1. The molecule has 0 unspecified atom stereocenters. The second-order valence-corrected chi connectivity index (χ2v) is 3.63. The summed E-state index contributed by atoms with van der Waals surface area (Å²) < 4.78 is 30.2. The van der Waals surface area contributed by atoms with Gasteiger partial charge in [0.15, 0.2) is 0 Å². The molecule has 3 N–H and O–H groups in total. The van der Waals surface area contributed by atoms with Crippen LogP contribution in [0.3, 0.4) is 0 Å². The second kappa shape index (κ2) is 3.11. The summed E-state index contributed by atoms with van der Waals surface area (Å²) in [6.07, 6.45) is 0. The fraction of sp³-hybridized carbons (Fsp3) is 0. The molecular formula is C6H6N3O3S. The molecule has 1 rings (SSSR count). The lowest BCUT2D eigenvalue weighted by molar-refractivity contribution is 0.484. The molecule has 69 valence electrons. The number of nitrogens with zero attached hydrogens (tertiary/aromatic N) is 2. The second-order valence-electron chi connectivity index (χ2n) is 2.27. The van der Waals surface area contributed by atoms with E-state index >= 15 is 0 Å². The van der Waals surface area contributed by atoms with E-state index < -0.39 is 15.0 Å². The van der Waals surface area contributed by atoms with Crippen LogP contribution in [0.15, 0.2) is 28.2 Å². The smallest absolute Gasteiger partial charge is 0.298 e. The lowest BCUT2D eigenvalue weighted by Gasteiger charge is -2.03. The van der Waals surface area contributed by atoms with Gasteiger partial charge in [0.05, 0.1) is 5.69 Å². The zero-order valence-electron chi connectivity index (χ0n) is 6.38. The average Bonchev–Trinajstić information content (AvgIpc) is 2.01. The van der Waals surface area contributed by atoms with Gasteiger partial charge in [0.2, 0.25) is 0 Å². The summed E-state index contributed by atoms with van der Waals surface area (Å²) in [7, 11) is -4.45. The van der Waals surface area contributed by atoms with E-state index in [1.165, 1.54) is 18.2 Å². The fourth-order valence-electron chi connectivity index (χ4n) is 0.902. The van der Waals surface area contributed by atoms with Crippen LogP contribution >= 0.6 is 0 Å². The van der Waals surface area contributed by atoms with Gasteiger partial charge >= 0.3 is 0 Å². The van der Waals surface area contributed by atoms with E-state index in [-0.39, 0.29) is 11.4 Å². The van der Waals surface area contributed by atoms with Gasteiger partial charge in [-0.3, -0.25) is 4.55 Å². The van der Waals surface area contributed by atoms with Gasteiger partial charge in [-0.1, -0.05) is 6.07 Å². The maximum Gasteiger partial charge on any atom is 0.298 e. The molecule has 0 bridgehead atoms. The van der Waals surface area contributed by atoms with E-state index in [1.54, 1.807) is 0 Å². The Labute approximate surface area is 74.6 Å². The van der Waals surface area contributed by atoms with Crippen molar-refractivity contribution in [2.45, 2.75) is 4.90 Å². The van der Waals surface area contributed by atoms with Crippen LogP contribution < -0.4 is 11.3 Å². The molecule has 0 saturated carbocycles. The van der Waals surface area contributed by atoms with E-state index in [0.29, 0.717) is 0 Å². The van der Waals surface area contributed by atoms with Crippen LogP contribution in [0.1, 0.15) is 0 Å². The van der Waals surface area contributed by atoms with Gasteiger partial charge in [0.25, 0.3) is 10.1 Å². The van der Waals surface area contributed by atoms with Gasteiger partial charge in [0.1, 0.15) is 10.6 Å². The third kappa shape index (κ3) is 1.82. The highest BCUT2D eigenvalue weighted by Crippen LogP contribution is 2.28. The highest BCUT2D eigenvalue weighted by Gasteiger charge is 2.18. The van der Waals surface area contributed by atoms with Crippen molar-refractivity contribution < 1.29 is 13.0 Å². The highest BCUT2D eigenvalue weighted by molar-refractivity contribution is 7.86. The molecule has 0 aliphatic rings. The molecule has 1 radical (unpaired) electrons. The summed E-state index contributed by atoms with van der Waals surface area (Å²) in [5, 5.41) is 2.68. The predicted molar refractivity (Wildman–Crippen MR) is 44.9 cm³/mol. The average molecular weight is 200 g/mol. The largest absolute Gasteiger partial charge is 0.398 e. The third-order valence-electron chi connectivity index (χ3n) is 1.39. The Balaban J connectivity index is 3.59. The van der Waals surface area contributed by atoms with Gasteiger partial charge in [-0.15, -0.1) is 5.11 Å². The Morgan fingerprint density at radius 3 is 2.46 bits per heavy atom. The Morgan fingerprint density at radius 1 is 1.46 bits per heavy atom. The van der Waals surface area contributed by atoms with Crippen molar-refractivity contribution in [2.24, 2.45) is 5.11 Å². The van der Waals surface area contributed by atoms with Crippen LogP contribution in [0.2, 0.25) is 0 Å². The van der Waals surface area contributed by atoms with E-state index in [1.807, 2.05) is 0 Å². The van der Waals surface area contributed by atoms with E-state index in [4.69, 9.17) is 15.8 Å². The first-order valence-electron chi connectivity index (χ1n) is 3.18. The molecule has 0 atom stereocenters. The number of nitrogen functional groups attached to an aromatic ring is 1. The minimum Gasteiger partial charge on any atom is -0.398 e. The molecule has 0 aliphatic heterocycles. The molecule has 0 saturated heterocycles. The van der Waals surface area contributed by atoms with Crippen LogP contribution in [0.25, 0.3) is 0 Å². The summed E-state index contributed by atoms with van der Waals surface area (Å²) in [6, 6.07) is 3.89. The molecule has 6 nitrogen and oxygen atoms in total. The van der Waals surface area contributed by atoms with E-state index in [2.05, 4.69) is 5.11 Å². The number of hydrogen-bond donors (Lipinski definition) is 2. The molecule has 0 amide bonds. The van der Waals surface area contributed by atoms with Gasteiger partial charge < -0.3 is 5.73 Å². The lowest BCUT2D eigenvalue weighted by atomic mass is 10.3. The van der Waals surface area contributed by atoms with E-state index in [0.717, 1.165) is 0 Å².